The predicted molar refractivity (Wildman–Crippen MR) is 31.4 cm³/mol. The smallest absolute Gasteiger partial charge is 0.209 e. The third-order valence-electron chi connectivity index (χ3n) is 1.55. The summed E-state index contributed by atoms with van der Waals surface area (Å²) < 4.78 is 0. The molecule has 1 heterocycles. The van der Waals surface area contributed by atoms with Crippen molar-refractivity contribution in [2.45, 2.75) is 6.42 Å². The Morgan fingerprint density at radius 2 is 2.56 bits per heavy atom. The molecule has 1 unspecified atom stereocenters. The first-order valence-corrected chi connectivity index (χ1v) is 2.96. The van der Waals surface area contributed by atoms with E-state index in [0.717, 1.165) is 19.4 Å². The molecule has 0 spiro atoms. The van der Waals surface area contributed by atoms with Crippen molar-refractivity contribution in [3.63, 3.8) is 0 Å². The molecule has 1 amide bonds. The molecule has 0 saturated carbocycles. The normalized spacial score (nSPS) is 25.7. The zero-order valence-corrected chi connectivity index (χ0v) is 5.08. The second-order valence-electron chi connectivity index (χ2n) is 2.22. The van der Waals surface area contributed by atoms with Crippen molar-refractivity contribution in [1.82, 2.24) is 4.90 Å². The Bertz CT molecular complexity index is 150. The minimum absolute atomic E-state index is 0.0789. The average Bonchev–Trinajstić information content (AvgIpc) is 2.34. The van der Waals surface area contributed by atoms with Gasteiger partial charge in [-0.1, -0.05) is 0 Å². The first kappa shape index (κ1) is 6.09. The molecule has 1 aliphatic heterocycles. The molecule has 1 rings (SSSR count). The van der Waals surface area contributed by atoms with Gasteiger partial charge in [0.15, 0.2) is 0 Å². The lowest BCUT2D eigenvalue weighted by molar-refractivity contribution is -0.117. The zero-order valence-electron chi connectivity index (χ0n) is 5.08. The molecule has 0 N–H and O–H groups in total. The molecule has 0 bridgehead atoms. The summed E-state index contributed by atoms with van der Waals surface area (Å²) in [5.74, 6) is 0.0789. The van der Waals surface area contributed by atoms with Crippen LogP contribution in [0, 0.1) is 17.2 Å². The third-order valence-corrected chi connectivity index (χ3v) is 1.55. The Morgan fingerprint density at radius 1 is 1.78 bits per heavy atom. The SMILES string of the molecule is N#CC1CCN(C=O)C1. The van der Waals surface area contributed by atoms with Gasteiger partial charge in [-0.05, 0) is 6.42 Å². The second kappa shape index (κ2) is 2.49. The summed E-state index contributed by atoms with van der Waals surface area (Å²) in [5.41, 5.74) is 0. The Balaban J connectivity index is 2.39. The first-order chi connectivity index (χ1) is 4.36. The van der Waals surface area contributed by atoms with Gasteiger partial charge in [0.2, 0.25) is 6.41 Å². The largest absolute Gasteiger partial charge is 0.344 e. The van der Waals surface area contributed by atoms with Crippen molar-refractivity contribution < 1.29 is 4.79 Å². The topological polar surface area (TPSA) is 44.1 Å². The summed E-state index contributed by atoms with van der Waals surface area (Å²) in [6, 6.07) is 2.13. The van der Waals surface area contributed by atoms with Crippen molar-refractivity contribution in [3.8, 4) is 6.07 Å². The number of amides is 1. The summed E-state index contributed by atoms with van der Waals surface area (Å²) >= 11 is 0. The number of hydrogen-bond donors (Lipinski definition) is 0. The van der Waals surface area contributed by atoms with Gasteiger partial charge in [-0.3, -0.25) is 4.79 Å². The van der Waals surface area contributed by atoms with Crippen LogP contribution in [0.4, 0.5) is 0 Å². The van der Waals surface area contributed by atoms with E-state index in [4.69, 9.17) is 5.26 Å². The monoisotopic (exact) mass is 124 g/mol. The van der Waals surface area contributed by atoms with Gasteiger partial charge >= 0.3 is 0 Å². The molecule has 0 radical (unpaired) electrons. The molecule has 0 aromatic rings. The number of rotatable bonds is 1. The summed E-state index contributed by atoms with van der Waals surface area (Å²) in [7, 11) is 0. The van der Waals surface area contributed by atoms with Gasteiger partial charge in [0.1, 0.15) is 0 Å². The van der Waals surface area contributed by atoms with Crippen molar-refractivity contribution in [2.75, 3.05) is 13.1 Å². The highest BCUT2D eigenvalue weighted by molar-refractivity contribution is 5.47. The van der Waals surface area contributed by atoms with Crippen LogP contribution in [-0.2, 0) is 4.79 Å². The van der Waals surface area contributed by atoms with Crippen LogP contribution in [0.3, 0.4) is 0 Å². The fraction of sp³-hybridized carbons (Fsp3) is 0.667. The lowest BCUT2D eigenvalue weighted by Gasteiger charge is -2.04. The molecular formula is C6H8N2O. The van der Waals surface area contributed by atoms with E-state index in [1.54, 1.807) is 4.90 Å². The summed E-state index contributed by atoms with van der Waals surface area (Å²) in [5, 5.41) is 8.39. The number of carbonyl (C=O) groups is 1. The molecule has 1 aliphatic rings. The number of nitrogens with zero attached hydrogens (tertiary/aromatic N) is 2. The number of carbonyl (C=O) groups excluding carboxylic acids is 1. The van der Waals surface area contributed by atoms with Crippen molar-refractivity contribution in [1.29, 1.82) is 5.26 Å². The molecule has 0 aromatic carbocycles. The van der Waals surface area contributed by atoms with Crippen molar-refractivity contribution in [3.05, 3.63) is 0 Å². The maximum Gasteiger partial charge on any atom is 0.209 e. The fourth-order valence-electron chi connectivity index (χ4n) is 0.988. The first-order valence-electron chi connectivity index (χ1n) is 2.96. The van der Waals surface area contributed by atoms with Gasteiger partial charge in [-0.25, -0.2) is 0 Å². The van der Waals surface area contributed by atoms with E-state index in [1.165, 1.54) is 0 Å². The van der Waals surface area contributed by atoms with E-state index in [-0.39, 0.29) is 5.92 Å². The molecule has 1 saturated heterocycles. The van der Waals surface area contributed by atoms with Crippen LogP contribution in [0.25, 0.3) is 0 Å². The van der Waals surface area contributed by atoms with E-state index in [1.807, 2.05) is 0 Å². The lowest BCUT2D eigenvalue weighted by Crippen LogP contribution is -2.17. The number of nitriles is 1. The summed E-state index contributed by atoms with van der Waals surface area (Å²) in [6.07, 6.45) is 1.65. The van der Waals surface area contributed by atoms with Gasteiger partial charge in [0, 0.05) is 13.1 Å². The van der Waals surface area contributed by atoms with Gasteiger partial charge in [-0.2, -0.15) is 5.26 Å². The van der Waals surface area contributed by atoms with Crippen LogP contribution in [-0.4, -0.2) is 24.4 Å². The van der Waals surface area contributed by atoms with Gasteiger partial charge in [0.25, 0.3) is 0 Å². The average molecular weight is 124 g/mol. The predicted octanol–water partition coefficient (Wildman–Crippen LogP) is -0.0117. The Hall–Kier alpha value is -1.04. The molecule has 3 nitrogen and oxygen atoms in total. The maximum absolute atomic E-state index is 10.1. The van der Waals surface area contributed by atoms with Crippen molar-refractivity contribution in [2.24, 2.45) is 5.92 Å². The summed E-state index contributed by atoms with van der Waals surface area (Å²) in [4.78, 5) is 11.7. The molecule has 1 atom stereocenters. The molecule has 3 heteroatoms. The van der Waals surface area contributed by atoms with Crippen LogP contribution in [0.1, 0.15) is 6.42 Å². The second-order valence-corrected chi connectivity index (χ2v) is 2.22. The molecule has 0 aliphatic carbocycles. The Labute approximate surface area is 53.9 Å². The zero-order chi connectivity index (χ0) is 6.69. The van der Waals surface area contributed by atoms with Crippen LogP contribution < -0.4 is 0 Å². The molecule has 48 valence electrons. The van der Waals surface area contributed by atoms with E-state index in [9.17, 15) is 4.79 Å². The van der Waals surface area contributed by atoms with Crippen LogP contribution in [0.15, 0.2) is 0 Å². The molecule has 9 heavy (non-hydrogen) atoms. The third kappa shape index (κ3) is 1.20. The van der Waals surface area contributed by atoms with E-state index < -0.39 is 0 Å². The molecular weight excluding hydrogens is 116 g/mol. The number of likely N-dealkylation sites (tertiary alicyclic amines) is 1. The van der Waals surface area contributed by atoms with Crippen LogP contribution in [0.2, 0.25) is 0 Å². The van der Waals surface area contributed by atoms with E-state index >= 15 is 0 Å². The Morgan fingerprint density at radius 3 is 2.89 bits per heavy atom. The van der Waals surface area contributed by atoms with Gasteiger partial charge in [-0.15, -0.1) is 0 Å². The van der Waals surface area contributed by atoms with Gasteiger partial charge < -0.3 is 4.90 Å². The fourth-order valence-corrected chi connectivity index (χ4v) is 0.988. The quantitative estimate of drug-likeness (QED) is 0.461. The molecule has 0 aromatic heterocycles. The van der Waals surface area contributed by atoms with E-state index in [0.29, 0.717) is 6.54 Å². The lowest BCUT2D eigenvalue weighted by atomic mass is 10.1. The minimum atomic E-state index is 0.0789. The van der Waals surface area contributed by atoms with Crippen LogP contribution in [0.5, 0.6) is 0 Å². The van der Waals surface area contributed by atoms with Crippen molar-refractivity contribution >= 4 is 6.41 Å². The summed E-state index contributed by atoms with van der Waals surface area (Å²) in [6.45, 7) is 1.38. The van der Waals surface area contributed by atoms with Gasteiger partial charge in [0.05, 0.1) is 12.0 Å². The number of hydrogen-bond acceptors (Lipinski definition) is 2. The highest BCUT2D eigenvalue weighted by Crippen LogP contribution is 2.12. The molecule has 1 fully saturated rings. The van der Waals surface area contributed by atoms with Crippen LogP contribution >= 0.6 is 0 Å². The minimum Gasteiger partial charge on any atom is -0.344 e. The Kier molecular flexibility index (Phi) is 1.69. The highest BCUT2D eigenvalue weighted by atomic mass is 16.1. The van der Waals surface area contributed by atoms with E-state index in [2.05, 4.69) is 6.07 Å². The maximum atomic E-state index is 10.1. The highest BCUT2D eigenvalue weighted by Gasteiger charge is 2.19. The standard InChI is InChI=1S/C6H8N2O/c7-3-6-1-2-8(4-6)5-9/h5-6H,1-2,4H2.